The molecule has 0 aromatic heterocycles. The molecule has 0 bridgehead atoms. The Balaban J connectivity index is 2.12. The van der Waals surface area contributed by atoms with Gasteiger partial charge in [0.25, 0.3) is 10.1 Å². The van der Waals surface area contributed by atoms with Crippen molar-refractivity contribution < 1.29 is 17.8 Å². The van der Waals surface area contributed by atoms with E-state index in [1.54, 1.807) is 12.1 Å². The van der Waals surface area contributed by atoms with Gasteiger partial charge in [0.05, 0.1) is 4.90 Å². The molecule has 1 N–H and O–H groups in total. The topological polar surface area (TPSA) is 71.4 Å². The average Bonchev–Trinajstić information content (AvgIpc) is 2.57. The van der Waals surface area contributed by atoms with Gasteiger partial charge in [0.2, 0.25) is 0 Å². The van der Waals surface area contributed by atoms with Crippen molar-refractivity contribution in [3.8, 4) is 11.1 Å². The second-order valence-corrected chi connectivity index (χ2v) is 7.41. The van der Waals surface area contributed by atoms with Crippen LogP contribution in [0.4, 0.5) is 0 Å². The monoisotopic (exact) mass is 356 g/mol. The van der Waals surface area contributed by atoms with Crippen molar-refractivity contribution in [1.29, 1.82) is 0 Å². The largest absolute Gasteiger partial charge is 0.294 e. The standard InChI is InChI=1S/C18H12O4S2/c19-18-15-3-1-2-12-10(9-23)4-6-14(17(12)15)13-7-5-11(8-16(13)18)24(20,21)22/h1-8,23H,9H2,(H,20,21,22). The quantitative estimate of drug-likeness (QED) is 0.424. The van der Waals surface area contributed by atoms with E-state index >= 15 is 0 Å². The van der Waals surface area contributed by atoms with Gasteiger partial charge in [0, 0.05) is 22.3 Å². The Kier molecular flexibility index (Phi) is 3.32. The third kappa shape index (κ3) is 2.11. The molecule has 1 aliphatic rings. The molecule has 0 saturated heterocycles. The number of carbonyl (C=O) groups is 1. The minimum atomic E-state index is -4.36. The minimum absolute atomic E-state index is 0.245. The first kappa shape index (κ1) is 15.4. The number of hydrogen-bond acceptors (Lipinski definition) is 4. The van der Waals surface area contributed by atoms with Crippen molar-refractivity contribution in [2.24, 2.45) is 0 Å². The first-order chi connectivity index (χ1) is 11.4. The van der Waals surface area contributed by atoms with Crippen LogP contribution in [0.15, 0.2) is 53.4 Å². The Morgan fingerprint density at radius 2 is 1.67 bits per heavy atom. The summed E-state index contributed by atoms with van der Waals surface area (Å²) in [5, 5.41) is 1.83. The number of hydrogen-bond donors (Lipinski definition) is 2. The van der Waals surface area contributed by atoms with Gasteiger partial charge in [-0.15, -0.1) is 0 Å². The van der Waals surface area contributed by atoms with E-state index in [1.807, 2.05) is 24.3 Å². The summed E-state index contributed by atoms with van der Waals surface area (Å²) in [4.78, 5) is 12.6. The van der Waals surface area contributed by atoms with Crippen molar-refractivity contribution in [1.82, 2.24) is 0 Å². The average molecular weight is 356 g/mol. The molecule has 120 valence electrons. The number of thiol groups is 1. The minimum Gasteiger partial charge on any atom is -0.289 e. The zero-order valence-electron chi connectivity index (χ0n) is 12.4. The lowest BCUT2D eigenvalue weighted by Gasteiger charge is -2.21. The second-order valence-electron chi connectivity index (χ2n) is 5.67. The van der Waals surface area contributed by atoms with Crippen LogP contribution in [0.1, 0.15) is 21.5 Å². The fraction of sp³-hybridized carbons (Fsp3) is 0.0556. The summed E-state index contributed by atoms with van der Waals surface area (Å²) < 4.78 is 32.0. The molecular formula is C18H12O4S2. The molecule has 0 unspecified atom stereocenters. The van der Waals surface area contributed by atoms with E-state index in [-0.39, 0.29) is 16.2 Å². The fourth-order valence-electron chi connectivity index (χ4n) is 3.27. The number of ketones is 1. The van der Waals surface area contributed by atoms with Gasteiger partial charge < -0.3 is 0 Å². The van der Waals surface area contributed by atoms with Crippen LogP contribution in [0.2, 0.25) is 0 Å². The lowest BCUT2D eigenvalue weighted by atomic mass is 9.82. The SMILES string of the molecule is O=C1c2cc(S(=O)(=O)O)ccc2-c2ccc(CS)c3cccc1c23. The van der Waals surface area contributed by atoms with Crippen LogP contribution in [-0.2, 0) is 15.9 Å². The first-order valence-corrected chi connectivity index (χ1v) is 9.31. The van der Waals surface area contributed by atoms with Crippen molar-refractivity contribution >= 4 is 39.3 Å². The van der Waals surface area contributed by atoms with E-state index in [2.05, 4.69) is 12.6 Å². The summed E-state index contributed by atoms with van der Waals surface area (Å²) in [6, 6.07) is 13.5. The Hall–Kier alpha value is -2.15. The maximum atomic E-state index is 12.9. The molecule has 0 atom stereocenters. The molecule has 0 heterocycles. The fourth-order valence-corrected chi connectivity index (χ4v) is 4.05. The lowest BCUT2D eigenvalue weighted by Crippen LogP contribution is -2.12. The summed E-state index contributed by atoms with van der Waals surface area (Å²) >= 11 is 4.35. The van der Waals surface area contributed by atoms with E-state index < -0.39 is 10.1 Å². The Morgan fingerprint density at radius 1 is 0.917 bits per heavy atom. The molecule has 0 saturated carbocycles. The Bertz CT molecular complexity index is 1130. The van der Waals surface area contributed by atoms with Crippen LogP contribution < -0.4 is 0 Å². The van der Waals surface area contributed by atoms with Crippen molar-refractivity contribution in [3.63, 3.8) is 0 Å². The lowest BCUT2D eigenvalue weighted by molar-refractivity contribution is 0.104. The van der Waals surface area contributed by atoms with Crippen LogP contribution in [0.25, 0.3) is 21.9 Å². The van der Waals surface area contributed by atoms with Gasteiger partial charge in [-0.3, -0.25) is 9.35 Å². The van der Waals surface area contributed by atoms with Gasteiger partial charge in [-0.2, -0.15) is 21.0 Å². The summed E-state index contributed by atoms with van der Waals surface area (Å²) in [5.74, 6) is 0.313. The smallest absolute Gasteiger partial charge is 0.289 e. The molecule has 0 aliphatic heterocycles. The van der Waals surface area contributed by atoms with Gasteiger partial charge >= 0.3 is 0 Å². The van der Waals surface area contributed by atoms with Crippen LogP contribution in [-0.4, -0.2) is 18.8 Å². The van der Waals surface area contributed by atoms with Gasteiger partial charge in [-0.05, 0) is 34.2 Å². The number of rotatable bonds is 2. The highest BCUT2D eigenvalue weighted by Crippen LogP contribution is 2.41. The van der Waals surface area contributed by atoms with Gasteiger partial charge in [-0.1, -0.05) is 36.4 Å². The normalized spacial score (nSPS) is 13.2. The molecule has 4 rings (SSSR count). The van der Waals surface area contributed by atoms with Gasteiger partial charge in [0.15, 0.2) is 5.78 Å². The van der Waals surface area contributed by atoms with E-state index in [1.165, 1.54) is 12.1 Å². The molecule has 0 spiro atoms. The second kappa shape index (κ2) is 5.17. The van der Waals surface area contributed by atoms with E-state index in [0.29, 0.717) is 16.9 Å². The highest BCUT2D eigenvalue weighted by Gasteiger charge is 2.27. The summed E-state index contributed by atoms with van der Waals surface area (Å²) in [7, 11) is -4.36. The third-order valence-electron chi connectivity index (χ3n) is 4.37. The van der Waals surface area contributed by atoms with Crippen molar-refractivity contribution in [2.75, 3.05) is 0 Å². The molecule has 3 aromatic carbocycles. The van der Waals surface area contributed by atoms with Crippen molar-refractivity contribution in [3.05, 3.63) is 65.2 Å². The molecule has 24 heavy (non-hydrogen) atoms. The Labute approximate surface area is 144 Å². The zero-order chi connectivity index (χ0) is 17.1. The van der Waals surface area contributed by atoms with Crippen LogP contribution in [0.3, 0.4) is 0 Å². The molecule has 0 amide bonds. The van der Waals surface area contributed by atoms with Crippen molar-refractivity contribution in [2.45, 2.75) is 10.6 Å². The number of carbonyl (C=O) groups excluding carboxylic acids is 1. The van der Waals surface area contributed by atoms with Gasteiger partial charge in [-0.25, -0.2) is 0 Å². The molecule has 0 radical (unpaired) electrons. The maximum Gasteiger partial charge on any atom is 0.294 e. The maximum absolute atomic E-state index is 12.9. The zero-order valence-corrected chi connectivity index (χ0v) is 14.1. The highest BCUT2D eigenvalue weighted by molar-refractivity contribution is 7.85. The van der Waals surface area contributed by atoms with Crippen LogP contribution in [0, 0.1) is 0 Å². The molecule has 0 fully saturated rings. The predicted molar refractivity (Wildman–Crippen MR) is 95.3 cm³/mol. The van der Waals surface area contributed by atoms with Gasteiger partial charge in [0.1, 0.15) is 0 Å². The van der Waals surface area contributed by atoms with Crippen LogP contribution in [0.5, 0.6) is 0 Å². The predicted octanol–water partition coefficient (Wildman–Crippen LogP) is 3.73. The van der Waals surface area contributed by atoms with E-state index in [9.17, 15) is 17.8 Å². The third-order valence-corrected chi connectivity index (χ3v) is 5.56. The summed E-state index contributed by atoms with van der Waals surface area (Å²) in [6.45, 7) is 0. The van der Waals surface area contributed by atoms with Crippen LogP contribution >= 0.6 is 12.6 Å². The molecule has 4 nitrogen and oxygen atoms in total. The molecule has 1 aliphatic carbocycles. The van der Waals surface area contributed by atoms with E-state index in [4.69, 9.17) is 0 Å². The summed E-state index contributed by atoms with van der Waals surface area (Å²) in [5.41, 5.74) is 3.39. The Morgan fingerprint density at radius 3 is 2.38 bits per heavy atom. The summed E-state index contributed by atoms with van der Waals surface area (Å²) in [6.07, 6.45) is 0. The molecule has 3 aromatic rings. The molecule has 6 heteroatoms. The molecular weight excluding hydrogens is 344 g/mol. The van der Waals surface area contributed by atoms with E-state index in [0.717, 1.165) is 21.9 Å². The number of benzene rings is 3. The number of fused-ring (bicyclic) bond motifs is 2. The highest BCUT2D eigenvalue weighted by atomic mass is 32.2. The first-order valence-electron chi connectivity index (χ1n) is 7.24.